The fourth-order valence-electron chi connectivity index (χ4n) is 11.6. The SMILES string of the molecule is CC1(C)CCC(C)(C)c2cc3c(cc21)N1c2cc(-c4ccccc4)cc4c2B(c2cccc(c21)C3(C)C)N(c1cc(-c2ccccc2)cc(-c2ccccc2)c1)c1ccccc1-4. The van der Waals surface area contributed by atoms with Gasteiger partial charge in [-0.15, -0.1) is 0 Å². The average Bonchev–Trinajstić information content (AvgIpc) is 3.30. The van der Waals surface area contributed by atoms with E-state index in [1.54, 1.807) is 0 Å². The molecule has 0 radical (unpaired) electrons. The first-order valence-electron chi connectivity index (χ1n) is 22.5. The van der Waals surface area contributed by atoms with E-state index in [1.165, 1.54) is 119 Å². The van der Waals surface area contributed by atoms with E-state index in [0.29, 0.717) is 0 Å². The van der Waals surface area contributed by atoms with Crippen LogP contribution in [0.5, 0.6) is 0 Å². The van der Waals surface area contributed by atoms with Crippen LogP contribution in [0.4, 0.5) is 28.4 Å². The normalized spacial score (nSPS) is 16.7. The summed E-state index contributed by atoms with van der Waals surface area (Å²) in [5.41, 5.74) is 24.7. The maximum atomic E-state index is 2.70. The van der Waals surface area contributed by atoms with Crippen molar-refractivity contribution in [3.63, 3.8) is 0 Å². The summed E-state index contributed by atoms with van der Waals surface area (Å²) < 4.78 is 0. The molecule has 8 aromatic carbocycles. The third-order valence-electron chi connectivity index (χ3n) is 15.0. The highest BCUT2D eigenvalue weighted by atomic mass is 15.2. The first kappa shape index (κ1) is 37.2. The number of hydrogen-bond acceptors (Lipinski definition) is 2. The summed E-state index contributed by atoms with van der Waals surface area (Å²) >= 11 is 0. The van der Waals surface area contributed by atoms with E-state index in [1.807, 2.05) is 0 Å². The third-order valence-corrected chi connectivity index (χ3v) is 15.0. The minimum Gasteiger partial charge on any atom is -0.376 e. The number of benzene rings is 8. The molecule has 1 aliphatic carbocycles. The number of nitrogens with zero attached hydrogens (tertiary/aromatic N) is 2. The summed E-state index contributed by atoms with van der Waals surface area (Å²) in [7, 11) is 0. The van der Waals surface area contributed by atoms with Crippen LogP contribution in [0.2, 0.25) is 0 Å². The molecule has 0 fully saturated rings. The zero-order chi connectivity index (χ0) is 42.1. The molecule has 300 valence electrons. The lowest BCUT2D eigenvalue weighted by Crippen LogP contribution is -2.62. The molecule has 3 aliphatic heterocycles. The molecular weight excluding hydrogens is 747 g/mol. The summed E-state index contributed by atoms with van der Waals surface area (Å²) in [4.78, 5) is 5.38. The predicted molar refractivity (Wildman–Crippen MR) is 264 cm³/mol. The topological polar surface area (TPSA) is 6.48 Å². The van der Waals surface area contributed by atoms with Crippen molar-refractivity contribution in [1.29, 1.82) is 0 Å². The van der Waals surface area contributed by atoms with Crippen LogP contribution in [-0.4, -0.2) is 6.85 Å². The van der Waals surface area contributed by atoms with Crippen LogP contribution in [0.3, 0.4) is 0 Å². The van der Waals surface area contributed by atoms with Crippen LogP contribution in [0.25, 0.3) is 44.5 Å². The molecule has 0 saturated heterocycles. The van der Waals surface area contributed by atoms with Gasteiger partial charge in [0.05, 0.1) is 5.69 Å². The first-order chi connectivity index (χ1) is 30.0. The van der Waals surface area contributed by atoms with Crippen molar-refractivity contribution >= 4 is 46.2 Å². The Balaban J connectivity index is 1.19. The highest BCUT2D eigenvalue weighted by Crippen LogP contribution is 2.58. The lowest BCUT2D eigenvalue weighted by Gasteiger charge is -2.52. The molecule has 0 bridgehead atoms. The van der Waals surface area contributed by atoms with Gasteiger partial charge in [-0.1, -0.05) is 175 Å². The number of anilines is 5. The zero-order valence-corrected chi connectivity index (χ0v) is 36.6. The van der Waals surface area contributed by atoms with Gasteiger partial charge in [0.25, 0.3) is 0 Å². The van der Waals surface area contributed by atoms with Crippen molar-refractivity contribution < 1.29 is 0 Å². The predicted octanol–water partition coefficient (Wildman–Crippen LogP) is 14.4. The summed E-state index contributed by atoms with van der Waals surface area (Å²) in [6, 6.07) is 66.6. The molecule has 0 atom stereocenters. The quantitative estimate of drug-likeness (QED) is 0.164. The van der Waals surface area contributed by atoms with Crippen molar-refractivity contribution in [2.24, 2.45) is 0 Å². The van der Waals surface area contributed by atoms with Gasteiger partial charge < -0.3 is 9.71 Å². The maximum absolute atomic E-state index is 2.70. The van der Waals surface area contributed by atoms with Crippen molar-refractivity contribution in [2.75, 3.05) is 9.71 Å². The van der Waals surface area contributed by atoms with Gasteiger partial charge in [0.2, 0.25) is 0 Å². The van der Waals surface area contributed by atoms with Gasteiger partial charge >= 0.3 is 6.85 Å². The molecule has 3 heteroatoms. The Morgan fingerprint density at radius 3 is 1.56 bits per heavy atom. The molecule has 4 aliphatic rings. The summed E-state index contributed by atoms with van der Waals surface area (Å²) in [5, 5.41) is 0. The van der Waals surface area contributed by atoms with Crippen LogP contribution in [0.15, 0.2) is 176 Å². The minimum atomic E-state index is -0.230. The van der Waals surface area contributed by atoms with Gasteiger partial charge in [-0.2, -0.15) is 0 Å². The van der Waals surface area contributed by atoms with Crippen LogP contribution >= 0.6 is 0 Å². The fraction of sp³-hybridized carbons (Fsp3) is 0.186. The highest BCUT2D eigenvalue weighted by molar-refractivity contribution is 6.93. The summed E-state index contributed by atoms with van der Waals surface area (Å²) in [6.07, 6.45) is 2.37. The van der Waals surface area contributed by atoms with Gasteiger partial charge in [-0.25, -0.2) is 0 Å². The molecule has 3 heterocycles. The Bertz CT molecular complexity index is 3050. The largest absolute Gasteiger partial charge is 0.376 e. The molecule has 8 aromatic rings. The molecule has 0 N–H and O–H groups in total. The third kappa shape index (κ3) is 5.37. The van der Waals surface area contributed by atoms with Gasteiger partial charge in [0.1, 0.15) is 0 Å². The van der Waals surface area contributed by atoms with E-state index in [4.69, 9.17) is 0 Å². The lowest BCUT2D eigenvalue weighted by molar-refractivity contribution is 0.331. The Morgan fingerprint density at radius 1 is 0.403 bits per heavy atom. The molecule has 12 rings (SSSR count). The van der Waals surface area contributed by atoms with Crippen LogP contribution < -0.4 is 20.6 Å². The number of fused-ring (bicyclic) bond motifs is 7. The van der Waals surface area contributed by atoms with Crippen molar-refractivity contribution in [1.82, 2.24) is 0 Å². The van der Waals surface area contributed by atoms with E-state index in [9.17, 15) is 0 Å². The van der Waals surface area contributed by atoms with E-state index in [0.717, 1.165) is 0 Å². The van der Waals surface area contributed by atoms with Crippen molar-refractivity contribution in [3.05, 3.63) is 198 Å². The molecule has 0 unspecified atom stereocenters. The second-order valence-corrected chi connectivity index (χ2v) is 20.0. The van der Waals surface area contributed by atoms with E-state index in [2.05, 4.69) is 227 Å². The standard InChI is InChI=1S/C59H51BN2/c1-57(2)29-30-58(3,4)49-37-53-50(36-48(49)57)59(5,6)47-26-18-27-51-56(47)61(53)54-35-43(40-23-14-9-15-24-40)34-46-45-25-16-17-28-52(45)62(60(51)55(46)54)44-32-41(38-19-10-7-11-20-38)31-42(33-44)39-21-12-8-13-22-39/h7-28,31-37H,29-30H2,1-6H3. The van der Waals surface area contributed by atoms with E-state index >= 15 is 0 Å². The maximum Gasteiger partial charge on any atom is 0.333 e. The monoisotopic (exact) mass is 798 g/mol. The molecular formula is C59H51BN2. The summed E-state index contributed by atoms with van der Waals surface area (Å²) in [5.74, 6) is 0. The van der Waals surface area contributed by atoms with Crippen LogP contribution in [0.1, 0.15) is 76.6 Å². The number of hydrogen-bond donors (Lipinski definition) is 0. The van der Waals surface area contributed by atoms with E-state index in [-0.39, 0.29) is 23.1 Å². The second kappa shape index (κ2) is 13.2. The average molecular weight is 799 g/mol. The smallest absolute Gasteiger partial charge is 0.333 e. The van der Waals surface area contributed by atoms with E-state index < -0.39 is 0 Å². The molecule has 2 nitrogen and oxygen atoms in total. The molecule has 0 amide bonds. The Labute approximate surface area is 367 Å². The first-order valence-corrected chi connectivity index (χ1v) is 22.5. The number of rotatable bonds is 4. The van der Waals surface area contributed by atoms with Gasteiger partial charge in [0, 0.05) is 33.7 Å². The van der Waals surface area contributed by atoms with Crippen LogP contribution in [-0.2, 0) is 16.2 Å². The van der Waals surface area contributed by atoms with Gasteiger partial charge in [0.15, 0.2) is 0 Å². The fourth-order valence-corrected chi connectivity index (χ4v) is 11.6. The summed E-state index contributed by atoms with van der Waals surface area (Å²) in [6.45, 7) is 14.7. The van der Waals surface area contributed by atoms with Gasteiger partial charge in [-0.3, -0.25) is 0 Å². The Hall–Kier alpha value is -6.58. The zero-order valence-electron chi connectivity index (χ0n) is 36.6. The Morgan fingerprint density at radius 2 is 0.952 bits per heavy atom. The minimum absolute atomic E-state index is 0.0728. The number of para-hydroxylation sites is 2. The molecule has 0 spiro atoms. The highest BCUT2D eigenvalue weighted by Gasteiger charge is 2.51. The van der Waals surface area contributed by atoms with Gasteiger partial charge in [-0.05, 0) is 138 Å². The van der Waals surface area contributed by atoms with Crippen molar-refractivity contribution in [3.8, 4) is 44.5 Å². The molecule has 0 saturated carbocycles. The Kier molecular flexibility index (Phi) is 7.93. The second-order valence-electron chi connectivity index (χ2n) is 20.0. The van der Waals surface area contributed by atoms with Crippen molar-refractivity contribution in [2.45, 2.75) is 70.6 Å². The van der Waals surface area contributed by atoms with Crippen LogP contribution in [0, 0.1) is 0 Å². The molecule has 62 heavy (non-hydrogen) atoms. The molecule has 0 aromatic heterocycles. The lowest BCUT2D eigenvalue weighted by atomic mass is 9.42.